The smallest absolute Gasteiger partial charge is 0.330 e. The van der Waals surface area contributed by atoms with Crippen LogP contribution < -0.4 is 10.1 Å². The Labute approximate surface area is 163 Å². The third-order valence-corrected chi connectivity index (χ3v) is 7.63. The zero-order valence-electron chi connectivity index (χ0n) is 14.3. The monoisotopic (exact) mass is 442 g/mol. The number of hydrogen-bond acceptors (Lipinski definition) is 6. The Hall–Kier alpha value is -1.74. The second-order valence-corrected chi connectivity index (χ2v) is 8.48. The maximum Gasteiger partial charge on any atom is 0.330 e. The molecule has 2 aliphatic rings. The summed E-state index contributed by atoms with van der Waals surface area (Å²) >= 11 is 4.91. The number of methoxy groups -OCH3 is 1. The molecule has 0 aromatic heterocycles. The van der Waals surface area contributed by atoms with Gasteiger partial charge in [-0.15, -0.1) is 11.8 Å². The molecule has 0 spiro atoms. The minimum absolute atomic E-state index is 0.179. The normalized spacial score (nSPS) is 29.6. The van der Waals surface area contributed by atoms with E-state index in [0.29, 0.717) is 11.1 Å². The Balaban J connectivity index is 1.62. The number of para-hydroxylation sites is 1. The zero-order valence-corrected chi connectivity index (χ0v) is 16.7. The topological polar surface area (TPSA) is 84.9 Å². The fraction of sp³-hybridized carbons (Fsp3) is 0.471. The van der Waals surface area contributed by atoms with Gasteiger partial charge in [-0.3, -0.25) is 9.59 Å². The zero-order chi connectivity index (χ0) is 18.9. The Morgan fingerprint density at radius 2 is 2.04 bits per heavy atom. The van der Waals surface area contributed by atoms with Crippen LogP contribution in [0.5, 0.6) is 5.75 Å². The van der Waals surface area contributed by atoms with Gasteiger partial charge < -0.3 is 19.7 Å². The second-order valence-electron chi connectivity index (χ2n) is 6.27. The lowest BCUT2D eigenvalue weighted by atomic mass is 9.96. The summed E-state index contributed by atoms with van der Waals surface area (Å²) in [5.41, 5.74) is 0. The Bertz CT molecular complexity index is 718. The first-order chi connectivity index (χ1) is 12.4. The van der Waals surface area contributed by atoms with Crippen LogP contribution in [0.4, 0.5) is 0 Å². The number of ether oxygens (including phenoxy) is 2. The highest BCUT2D eigenvalue weighted by atomic mass is 79.9. The number of carbonyl (C=O) groups is 3. The van der Waals surface area contributed by atoms with Crippen molar-refractivity contribution >= 4 is 45.5 Å². The van der Waals surface area contributed by atoms with Gasteiger partial charge in [-0.25, -0.2) is 4.79 Å². The standard InChI is InChI=1S/C17H19BrN2O5S/c1-17(9-18)13(16(23)24-2)20-14(22)12(15(20)26-17)19-11(21)8-25-10-6-4-3-5-7-10/h3-7,12-13,15H,8-9H2,1-2H3,(H,19,21). The molecule has 4 unspecified atom stereocenters. The summed E-state index contributed by atoms with van der Waals surface area (Å²) in [5, 5.41) is 2.92. The first kappa shape index (κ1) is 19.0. The molecule has 9 heteroatoms. The van der Waals surface area contributed by atoms with E-state index in [4.69, 9.17) is 9.47 Å². The molecule has 4 atom stereocenters. The van der Waals surface area contributed by atoms with E-state index in [1.54, 1.807) is 12.1 Å². The number of hydrogen-bond donors (Lipinski definition) is 1. The molecule has 2 aliphatic heterocycles. The van der Waals surface area contributed by atoms with E-state index in [1.807, 2.05) is 25.1 Å². The van der Waals surface area contributed by atoms with E-state index in [1.165, 1.54) is 23.8 Å². The van der Waals surface area contributed by atoms with Gasteiger partial charge in [0.1, 0.15) is 23.2 Å². The second kappa shape index (κ2) is 7.48. The number of esters is 1. The van der Waals surface area contributed by atoms with Crippen molar-refractivity contribution < 1.29 is 23.9 Å². The number of amides is 2. The van der Waals surface area contributed by atoms with Crippen molar-refractivity contribution in [3.05, 3.63) is 30.3 Å². The molecule has 2 fully saturated rings. The van der Waals surface area contributed by atoms with Crippen molar-refractivity contribution in [1.82, 2.24) is 10.2 Å². The molecule has 2 amide bonds. The molecule has 2 heterocycles. The van der Waals surface area contributed by atoms with Gasteiger partial charge in [0.2, 0.25) is 5.91 Å². The molecule has 3 rings (SSSR count). The predicted octanol–water partition coefficient (Wildman–Crippen LogP) is 1.16. The highest BCUT2D eigenvalue weighted by Gasteiger charge is 2.65. The highest BCUT2D eigenvalue weighted by Crippen LogP contribution is 2.51. The van der Waals surface area contributed by atoms with Crippen LogP contribution in [0.2, 0.25) is 0 Å². The first-order valence-electron chi connectivity index (χ1n) is 8.02. The van der Waals surface area contributed by atoms with Crippen LogP contribution in [-0.2, 0) is 19.1 Å². The summed E-state index contributed by atoms with van der Waals surface area (Å²) in [6, 6.07) is 7.62. The number of rotatable bonds is 6. The molecular formula is C17H19BrN2O5S. The maximum absolute atomic E-state index is 12.5. The number of thioether (sulfide) groups is 1. The van der Waals surface area contributed by atoms with Gasteiger partial charge >= 0.3 is 5.97 Å². The van der Waals surface area contributed by atoms with E-state index in [2.05, 4.69) is 21.2 Å². The molecule has 2 saturated heterocycles. The number of halogens is 1. The lowest BCUT2D eigenvalue weighted by Gasteiger charge is -2.43. The molecule has 26 heavy (non-hydrogen) atoms. The molecule has 1 aromatic carbocycles. The van der Waals surface area contributed by atoms with Crippen LogP contribution >= 0.6 is 27.7 Å². The first-order valence-corrected chi connectivity index (χ1v) is 10.0. The van der Waals surface area contributed by atoms with Crippen LogP contribution in [-0.4, -0.2) is 63.9 Å². The molecule has 7 nitrogen and oxygen atoms in total. The van der Waals surface area contributed by atoms with Crippen molar-refractivity contribution in [2.45, 2.75) is 29.1 Å². The summed E-state index contributed by atoms with van der Waals surface area (Å²) in [4.78, 5) is 38.3. The number of alkyl halides is 1. The number of nitrogens with zero attached hydrogens (tertiary/aromatic N) is 1. The number of carbonyl (C=O) groups excluding carboxylic acids is 3. The summed E-state index contributed by atoms with van der Waals surface area (Å²) in [6.07, 6.45) is 0. The van der Waals surface area contributed by atoms with Crippen molar-refractivity contribution in [2.75, 3.05) is 19.0 Å². The molecule has 140 valence electrons. The fourth-order valence-corrected chi connectivity index (χ4v) is 5.43. The van der Waals surface area contributed by atoms with E-state index in [-0.39, 0.29) is 23.8 Å². The molecule has 1 N–H and O–H groups in total. The fourth-order valence-electron chi connectivity index (χ4n) is 3.11. The molecule has 0 radical (unpaired) electrons. The Morgan fingerprint density at radius 3 is 2.65 bits per heavy atom. The average Bonchev–Trinajstić information content (AvgIpc) is 2.95. The van der Waals surface area contributed by atoms with Gasteiger partial charge in [0.25, 0.3) is 5.91 Å². The number of β-lactam (4-membered cyclic amide) rings is 1. The van der Waals surface area contributed by atoms with Crippen molar-refractivity contribution in [1.29, 1.82) is 0 Å². The average molecular weight is 443 g/mol. The summed E-state index contributed by atoms with van der Waals surface area (Å²) in [7, 11) is 1.30. The lowest BCUT2D eigenvalue weighted by Crippen LogP contribution is -2.71. The lowest BCUT2D eigenvalue weighted by molar-refractivity contribution is -0.162. The van der Waals surface area contributed by atoms with Crippen molar-refractivity contribution in [3.63, 3.8) is 0 Å². The van der Waals surface area contributed by atoms with Gasteiger partial charge in [-0.2, -0.15) is 0 Å². The molecule has 0 aliphatic carbocycles. The van der Waals surface area contributed by atoms with E-state index in [9.17, 15) is 14.4 Å². The molecule has 1 aromatic rings. The van der Waals surface area contributed by atoms with Gasteiger partial charge in [-0.05, 0) is 19.1 Å². The van der Waals surface area contributed by atoms with E-state index < -0.39 is 22.8 Å². The third-order valence-electron chi connectivity index (χ3n) is 4.45. The summed E-state index contributed by atoms with van der Waals surface area (Å²) in [6.45, 7) is 1.72. The summed E-state index contributed by atoms with van der Waals surface area (Å²) < 4.78 is 9.74. The van der Waals surface area contributed by atoms with Crippen LogP contribution in [0.3, 0.4) is 0 Å². The van der Waals surface area contributed by atoms with Gasteiger partial charge in [-0.1, -0.05) is 34.1 Å². The number of nitrogens with one attached hydrogen (secondary N) is 1. The van der Waals surface area contributed by atoms with Crippen LogP contribution in [0.1, 0.15) is 6.92 Å². The minimum atomic E-state index is -0.678. The van der Waals surface area contributed by atoms with Crippen LogP contribution in [0, 0.1) is 0 Å². The molecular weight excluding hydrogens is 424 g/mol. The van der Waals surface area contributed by atoms with Crippen molar-refractivity contribution in [2.24, 2.45) is 0 Å². The van der Waals surface area contributed by atoms with Gasteiger partial charge in [0.15, 0.2) is 6.61 Å². The summed E-state index contributed by atoms with van der Waals surface area (Å²) in [5.74, 6) is -0.533. The molecule has 0 bridgehead atoms. The number of fused-ring (bicyclic) bond motifs is 1. The quantitative estimate of drug-likeness (QED) is 0.404. The predicted molar refractivity (Wildman–Crippen MR) is 100 cm³/mol. The number of benzene rings is 1. The minimum Gasteiger partial charge on any atom is -0.484 e. The Kier molecular flexibility index (Phi) is 5.47. The Morgan fingerprint density at radius 1 is 1.35 bits per heavy atom. The highest BCUT2D eigenvalue weighted by molar-refractivity contribution is 9.09. The van der Waals surface area contributed by atoms with Crippen LogP contribution in [0.15, 0.2) is 30.3 Å². The van der Waals surface area contributed by atoms with E-state index >= 15 is 0 Å². The molecule has 0 saturated carbocycles. The van der Waals surface area contributed by atoms with Gasteiger partial charge in [0.05, 0.1) is 11.9 Å². The maximum atomic E-state index is 12.5. The largest absolute Gasteiger partial charge is 0.484 e. The third kappa shape index (κ3) is 3.29. The van der Waals surface area contributed by atoms with E-state index in [0.717, 1.165) is 0 Å². The SMILES string of the molecule is COC(=O)C1N2C(=O)C(NC(=O)COc3ccccc3)C2SC1(C)CBr. The van der Waals surface area contributed by atoms with Crippen LogP contribution in [0.25, 0.3) is 0 Å². The van der Waals surface area contributed by atoms with Gasteiger partial charge in [0, 0.05) is 5.33 Å². The van der Waals surface area contributed by atoms with Crippen molar-refractivity contribution in [3.8, 4) is 5.75 Å².